The van der Waals surface area contributed by atoms with Gasteiger partial charge in [-0.2, -0.15) is 5.10 Å². The highest BCUT2D eigenvalue weighted by Gasteiger charge is 2.54. The van der Waals surface area contributed by atoms with Crippen molar-refractivity contribution in [3.63, 3.8) is 0 Å². The van der Waals surface area contributed by atoms with Crippen molar-refractivity contribution in [2.24, 2.45) is 10.9 Å². The maximum absolute atomic E-state index is 13.0. The molecule has 0 aromatic carbocycles. The van der Waals surface area contributed by atoms with E-state index in [-0.39, 0.29) is 57.4 Å². The maximum atomic E-state index is 13.0. The molecule has 2 aliphatic heterocycles. The van der Waals surface area contributed by atoms with Crippen molar-refractivity contribution < 1.29 is 24.3 Å². The summed E-state index contributed by atoms with van der Waals surface area (Å²) in [6.07, 6.45) is 1.35. The van der Waals surface area contributed by atoms with Gasteiger partial charge in [-0.25, -0.2) is 14.9 Å². The molecule has 4 rings (SSSR count). The first kappa shape index (κ1) is 28.1. The highest BCUT2D eigenvalue weighted by Crippen LogP contribution is 2.41. The van der Waals surface area contributed by atoms with Crippen molar-refractivity contribution in [3.8, 4) is 0 Å². The van der Waals surface area contributed by atoms with Gasteiger partial charge >= 0.3 is 17.1 Å². The van der Waals surface area contributed by atoms with Crippen LogP contribution in [0.15, 0.2) is 37.5 Å². The third-order valence-corrected chi connectivity index (χ3v) is 7.81. The number of carbonyl (C=O) groups excluding carboxylic acids is 2. The molecule has 19 heteroatoms. The Morgan fingerprint density at radius 2 is 2.15 bits per heavy atom. The van der Waals surface area contributed by atoms with Gasteiger partial charge in [-0.15, -0.1) is 35.7 Å². The number of carboxylic acid groups (broad SMARTS) is 1. The molecule has 2 aromatic rings. The number of aliphatic carboxylic acids is 1. The Hall–Kier alpha value is -3.94. The average Bonchev–Trinajstić information content (AvgIpc) is 3.33. The smallest absolute Gasteiger partial charge is 0.352 e. The summed E-state index contributed by atoms with van der Waals surface area (Å²) in [6, 6.07) is -1.05. The lowest BCUT2D eigenvalue weighted by Gasteiger charge is -2.49. The minimum Gasteiger partial charge on any atom is -0.477 e. The number of nitrogens with two attached hydrogens (primary N) is 2. The quantitative estimate of drug-likeness (QED) is 0.0606. The molecule has 0 spiro atoms. The molecule has 2 amide bonds. The van der Waals surface area contributed by atoms with Crippen LogP contribution >= 0.6 is 35.7 Å². The number of nitrogens with zero attached hydrogens (tertiary/aromatic N) is 5. The van der Waals surface area contributed by atoms with Gasteiger partial charge in [-0.05, 0) is 11.6 Å². The van der Waals surface area contributed by atoms with Crippen LogP contribution in [-0.4, -0.2) is 84.1 Å². The van der Waals surface area contributed by atoms with Gasteiger partial charge in [-0.3, -0.25) is 28.6 Å². The number of hydrogen-bond donors (Lipinski definition) is 6. The molecule has 1 saturated heterocycles. The van der Waals surface area contributed by atoms with Crippen LogP contribution in [0.4, 0.5) is 5.13 Å². The molecule has 0 aliphatic carbocycles. The second-order valence-corrected chi connectivity index (χ2v) is 10.4. The molecule has 1 fully saturated rings. The number of thiazole rings is 1. The Morgan fingerprint density at radius 3 is 2.77 bits per heavy atom. The molecular formula is C20H21N9O7S3. The molecule has 16 nitrogen and oxygen atoms in total. The van der Waals surface area contributed by atoms with Crippen LogP contribution in [0.3, 0.4) is 0 Å². The van der Waals surface area contributed by atoms with Crippen molar-refractivity contribution in [1.82, 2.24) is 30.0 Å². The van der Waals surface area contributed by atoms with Crippen LogP contribution in [0.2, 0.25) is 0 Å². The largest absolute Gasteiger partial charge is 0.477 e. The van der Waals surface area contributed by atoms with Crippen molar-refractivity contribution in [2.45, 2.75) is 18.0 Å². The van der Waals surface area contributed by atoms with E-state index >= 15 is 0 Å². The summed E-state index contributed by atoms with van der Waals surface area (Å²) < 4.78 is 1.02. The number of aromatic amines is 1. The van der Waals surface area contributed by atoms with Gasteiger partial charge in [0.15, 0.2) is 16.7 Å². The Balaban J connectivity index is 1.62. The number of oxime groups is 1. The third-order valence-electron chi connectivity index (χ3n) is 5.50. The first-order chi connectivity index (χ1) is 18.6. The fraction of sp³-hybridized carbons (Fsp3) is 0.300. The number of thioether (sulfide) groups is 1. The Labute approximate surface area is 232 Å². The number of aromatic nitrogens is 4. The topological polar surface area (TPSA) is 241 Å². The molecule has 7 N–H and O–H groups in total. The number of hydrogen-bond acceptors (Lipinski definition) is 14. The molecule has 0 saturated carbocycles. The van der Waals surface area contributed by atoms with Gasteiger partial charge in [-0.1, -0.05) is 5.16 Å². The van der Waals surface area contributed by atoms with E-state index in [4.69, 9.17) is 16.3 Å². The molecule has 4 heterocycles. The Morgan fingerprint density at radius 1 is 1.41 bits per heavy atom. The van der Waals surface area contributed by atoms with Crippen molar-refractivity contribution in [2.75, 3.05) is 25.1 Å². The van der Waals surface area contributed by atoms with Crippen LogP contribution in [0.25, 0.3) is 4.91 Å². The fourth-order valence-corrected chi connectivity index (χ4v) is 6.03. The molecular weight excluding hydrogens is 574 g/mol. The van der Waals surface area contributed by atoms with Crippen molar-refractivity contribution in [3.05, 3.63) is 55.0 Å². The predicted octanol–water partition coefficient (Wildman–Crippen LogP) is -2.01. The molecule has 2 aliphatic rings. The zero-order valence-electron chi connectivity index (χ0n) is 20.0. The number of allylic oxidation sites excluding steroid dienone is 1. The Kier molecular flexibility index (Phi) is 8.23. The van der Waals surface area contributed by atoms with Gasteiger partial charge in [0.1, 0.15) is 29.9 Å². The van der Waals surface area contributed by atoms with E-state index in [1.165, 1.54) is 30.3 Å². The van der Waals surface area contributed by atoms with E-state index in [0.29, 0.717) is 0 Å². The minimum absolute atomic E-state index is 0.0293. The molecule has 2 atom stereocenters. The van der Waals surface area contributed by atoms with Crippen LogP contribution in [0, 0.1) is 0 Å². The van der Waals surface area contributed by atoms with E-state index in [2.05, 4.69) is 38.3 Å². The highest BCUT2D eigenvalue weighted by atomic mass is 32.2. The molecule has 0 bridgehead atoms. The Bertz CT molecular complexity index is 1560. The van der Waals surface area contributed by atoms with E-state index < -0.39 is 40.3 Å². The molecule has 0 radical (unpaired) electrons. The normalized spacial score (nSPS) is 19.5. The summed E-state index contributed by atoms with van der Waals surface area (Å²) in [5.74, 6) is -2.74. The fourth-order valence-electron chi connectivity index (χ4n) is 3.85. The average molecular weight is 596 g/mol. The van der Waals surface area contributed by atoms with E-state index in [1.54, 1.807) is 0 Å². The minimum atomic E-state index is -1.39. The summed E-state index contributed by atoms with van der Waals surface area (Å²) in [6.45, 7) is 0.000241. The van der Waals surface area contributed by atoms with Crippen LogP contribution in [-0.2, 0) is 25.8 Å². The first-order valence-corrected chi connectivity index (χ1v) is 13.3. The van der Waals surface area contributed by atoms with E-state index in [1.807, 2.05) is 0 Å². The number of fused-ring (bicyclic) bond motifs is 1. The third kappa shape index (κ3) is 5.33. The van der Waals surface area contributed by atoms with Crippen molar-refractivity contribution >= 4 is 69.3 Å². The standard InChI is InChI=1S/C20H21N9O7S3/c1-36-27-10(8-6-39-20(22)23-8)14(30)24-11-16(32)29-12(19(34)35)7(5-38-18(11)29)4-9(37)13-25-26-15(31)17(33)28(13)3-2-21/h4,6,11,18,37H,2-3,5,21H2,1H3,(H2,22,23)(H,24,30)(H,26,31)(H,34,35). The summed E-state index contributed by atoms with van der Waals surface area (Å²) in [7, 11) is 1.24. The monoisotopic (exact) mass is 595 g/mol. The number of β-lactam (4-membered cyclic amide) rings is 1. The van der Waals surface area contributed by atoms with Gasteiger partial charge in [0.25, 0.3) is 11.8 Å². The number of anilines is 1. The van der Waals surface area contributed by atoms with Crippen molar-refractivity contribution in [1.29, 1.82) is 0 Å². The highest BCUT2D eigenvalue weighted by molar-refractivity contribution is 8.00. The maximum Gasteiger partial charge on any atom is 0.352 e. The summed E-state index contributed by atoms with van der Waals surface area (Å²) in [5, 5.41) is 23.1. The lowest BCUT2D eigenvalue weighted by atomic mass is 10.0. The molecule has 2 unspecified atom stereocenters. The lowest BCUT2D eigenvalue weighted by molar-refractivity contribution is -0.150. The van der Waals surface area contributed by atoms with Gasteiger partial charge in [0, 0.05) is 29.1 Å². The van der Waals surface area contributed by atoms with Gasteiger partial charge < -0.3 is 26.7 Å². The summed E-state index contributed by atoms with van der Waals surface area (Å²) in [4.78, 5) is 71.9. The molecule has 2 aromatic heterocycles. The summed E-state index contributed by atoms with van der Waals surface area (Å²) >= 11 is 6.64. The molecule has 206 valence electrons. The van der Waals surface area contributed by atoms with Crippen LogP contribution in [0.5, 0.6) is 0 Å². The number of amides is 2. The summed E-state index contributed by atoms with van der Waals surface area (Å²) in [5.41, 5.74) is 9.14. The van der Waals surface area contributed by atoms with Gasteiger partial charge in [0.2, 0.25) is 0 Å². The number of rotatable bonds is 9. The second kappa shape index (κ2) is 11.4. The predicted molar refractivity (Wildman–Crippen MR) is 145 cm³/mol. The number of nitrogen functional groups attached to an aromatic ring is 1. The molecule has 39 heavy (non-hydrogen) atoms. The number of nitrogens with one attached hydrogen (secondary N) is 2. The second-order valence-electron chi connectivity index (χ2n) is 7.88. The zero-order chi connectivity index (χ0) is 28.4. The van der Waals surface area contributed by atoms with Crippen LogP contribution < -0.4 is 27.9 Å². The van der Waals surface area contributed by atoms with Crippen LogP contribution in [0.1, 0.15) is 11.5 Å². The lowest BCUT2D eigenvalue weighted by Crippen LogP contribution is -2.71. The number of H-pyrrole nitrogens is 1. The SMILES string of the molecule is CON=C(C(=O)NC1C(=O)N2C(C(=O)O)=C(C=C(S)c3n[nH]c(=O)c(=O)n3CCN)CSC12)c1csc(N)n1. The number of carboxylic acids is 1. The number of carbonyl (C=O) groups is 3. The number of thiol groups is 1. The van der Waals surface area contributed by atoms with E-state index in [0.717, 1.165) is 20.8 Å². The van der Waals surface area contributed by atoms with E-state index in [9.17, 15) is 29.1 Å². The first-order valence-electron chi connectivity index (χ1n) is 10.9. The zero-order valence-corrected chi connectivity index (χ0v) is 22.5. The van der Waals surface area contributed by atoms with Gasteiger partial charge in [0.05, 0.1) is 0 Å².